The van der Waals surface area contributed by atoms with E-state index in [9.17, 15) is 8.78 Å². The molecule has 0 aliphatic heterocycles. The molecule has 50 heavy (non-hydrogen) atoms. The fraction of sp³-hybridized carbons (Fsp3) is 0.0435. The molecule has 0 saturated heterocycles. The van der Waals surface area contributed by atoms with Crippen molar-refractivity contribution < 1.29 is 8.78 Å². The topological polar surface area (TPSA) is 0 Å². The minimum absolute atomic E-state index is 0.261. The van der Waals surface area contributed by atoms with Crippen LogP contribution in [-0.4, -0.2) is 0 Å². The van der Waals surface area contributed by atoms with Gasteiger partial charge in [-0.2, -0.15) is 0 Å². The lowest BCUT2D eigenvalue weighted by molar-refractivity contribution is 0.628. The predicted molar refractivity (Wildman–Crippen MR) is 212 cm³/mol. The van der Waals surface area contributed by atoms with Crippen molar-refractivity contribution in [2.24, 2.45) is 0 Å². The number of hydrogen-bond acceptors (Lipinski definition) is 0. The zero-order valence-electron chi connectivity index (χ0n) is 27.4. The van der Waals surface area contributed by atoms with Crippen LogP contribution in [0, 0.1) is 11.6 Å². The maximum Gasteiger partial charge on any atom is 0.123 e. The van der Waals surface area contributed by atoms with Crippen molar-refractivity contribution in [3.8, 4) is 11.1 Å². The Kier molecular flexibility index (Phi) is 9.32. The molecule has 0 saturated carbocycles. The van der Waals surface area contributed by atoms with Crippen LogP contribution in [0.15, 0.2) is 182 Å². The van der Waals surface area contributed by atoms with E-state index in [-0.39, 0.29) is 11.6 Å². The van der Waals surface area contributed by atoms with Crippen molar-refractivity contribution in [3.05, 3.63) is 205 Å². The van der Waals surface area contributed by atoms with Gasteiger partial charge in [0.15, 0.2) is 0 Å². The molecule has 0 aromatic heterocycles. The van der Waals surface area contributed by atoms with E-state index in [0.717, 1.165) is 22.9 Å². The zero-order chi connectivity index (χ0) is 33.9. The van der Waals surface area contributed by atoms with E-state index < -0.39 is 15.8 Å². The first kappa shape index (κ1) is 32.2. The standard InChI is InChI=1S/C46H34F2P2/c47-37-23-27-41(28-24-37)50(42-29-25-38(48)26-30-42)32-36-22-20-34-12-8-10-18-44(34)46(36)45-35(21-19-33-11-7-9-17-43(33)45)31-49(39-13-3-1-4-14-39)40-15-5-2-6-16-40/h1-30H,31-32H2. The molecular weight excluding hydrogens is 652 g/mol. The van der Waals surface area contributed by atoms with Gasteiger partial charge in [-0.15, -0.1) is 0 Å². The maximum atomic E-state index is 14.2. The average molecular weight is 687 g/mol. The van der Waals surface area contributed by atoms with Crippen LogP contribution in [0.25, 0.3) is 32.7 Å². The molecule has 4 heteroatoms. The van der Waals surface area contributed by atoms with Crippen molar-refractivity contribution in [1.82, 2.24) is 0 Å². The minimum Gasteiger partial charge on any atom is -0.207 e. The third-order valence-electron chi connectivity index (χ3n) is 9.35. The number of fused-ring (bicyclic) bond motifs is 2. The molecule has 0 atom stereocenters. The second-order valence-electron chi connectivity index (χ2n) is 12.4. The highest BCUT2D eigenvalue weighted by atomic mass is 31.1. The molecule has 0 spiro atoms. The molecule has 242 valence electrons. The van der Waals surface area contributed by atoms with Crippen molar-refractivity contribution in [1.29, 1.82) is 0 Å². The van der Waals surface area contributed by atoms with Gasteiger partial charge in [0.2, 0.25) is 0 Å². The Hall–Kier alpha value is -5.00. The summed E-state index contributed by atoms with van der Waals surface area (Å²) in [5.41, 5.74) is 5.04. The highest BCUT2D eigenvalue weighted by Crippen LogP contribution is 2.48. The van der Waals surface area contributed by atoms with Crippen LogP contribution < -0.4 is 21.2 Å². The first-order valence-corrected chi connectivity index (χ1v) is 19.9. The van der Waals surface area contributed by atoms with Crippen molar-refractivity contribution in [2.75, 3.05) is 0 Å². The molecule has 8 aromatic rings. The molecule has 0 amide bonds. The second-order valence-corrected chi connectivity index (χ2v) is 16.8. The number of halogens is 2. The summed E-state index contributed by atoms with van der Waals surface area (Å²) in [5.74, 6) is -0.522. The summed E-state index contributed by atoms with van der Waals surface area (Å²) in [5, 5.41) is 9.64. The summed E-state index contributed by atoms with van der Waals surface area (Å²) >= 11 is 0. The molecule has 0 aliphatic carbocycles. The molecular formula is C46H34F2P2. The van der Waals surface area contributed by atoms with Crippen LogP contribution >= 0.6 is 15.8 Å². The van der Waals surface area contributed by atoms with Crippen LogP contribution in [0.2, 0.25) is 0 Å². The van der Waals surface area contributed by atoms with Crippen LogP contribution in [0.3, 0.4) is 0 Å². The summed E-state index contributed by atoms with van der Waals surface area (Å²) in [4.78, 5) is 0. The minimum atomic E-state index is -0.985. The van der Waals surface area contributed by atoms with Gasteiger partial charge < -0.3 is 0 Å². The largest absolute Gasteiger partial charge is 0.207 e. The van der Waals surface area contributed by atoms with Gasteiger partial charge in [-0.25, -0.2) is 8.78 Å². The van der Waals surface area contributed by atoms with E-state index in [2.05, 4.69) is 133 Å². The molecule has 0 N–H and O–H groups in total. The van der Waals surface area contributed by atoms with Crippen molar-refractivity contribution in [3.63, 3.8) is 0 Å². The summed E-state index contributed by atoms with van der Waals surface area (Å²) in [6.45, 7) is 0. The van der Waals surface area contributed by atoms with Gasteiger partial charge in [0.25, 0.3) is 0 Å². The quantitative estimate of drug-likeness (QED) is 0.133. The molecule has 8 rings (SSSR count). The number of rotatable bonds is 9. The molecule has 0 heterocycles. The maximum absolute atomic E-state index is 14.2. The summed E-state index contributed by atoms with van der Waals surface area (Å²) in [6.07, 6.45) is 1.61. The van der Waals surface area contributed by atoms with E-state index in [1.807, 2.05) is 24.3 Å². The fourth-order valence-corrected chi connectivity index (χ4v) is 11.6. The van der Waals surface area contributed by atoms with Crippen LogP contribution in [0.1, 0.15) is 11.1 Å². The van der Waals surface area contributed by atoms with Crippen molar-refractivity contribution >= 4 is 58.6 Å². The molecule has 0 nitrogen and oxygen atoms in total. The Morgan fingerprint density at radius 2 is 0.660 bits per heavy atom. The van der Waals surface area contributed by atoms with Gasteiger partial charge in [0.05, 0.1) is 0 Å². The Bertz CT molecular complexity index is 2310. The molecule has 8 aromatic carbocycles. The van der Waals surface area contributed by atoms with E-state index >= 15 is 0 Å². The summed E-state index contributed by atoms with van der Waals surface area (Å²) < 4.78 is 28.4. The average Bonchev–Trinajstić information content (AvgIpc) is 3.17. The van der Waals surface area contributed by atoms with Gasteiger partial charge >= 0.3 is 0 Å². The van der Waals surface area contributed by atoms with Crippen LogP contribution in [0.4, 0.5) is 8.78 Å². The lowest BCUT2D eigenvalue weighted by Gasteiger charge is -2.25. The monoisotopic (exact) mass is 686 g/mol. The Morgan fingerprint density at radius 3 is 1.06 bits per heavy atom. The highest BCUT2D eigenvalue weighted by Gasteiger charge is 2.24. The molecule has 0 radical (unpaired) electrons. The molecule has 0 bridgehead atoms. The molecule has 0 aliphatic rings. The van der Waals surface area contributed by atoms with Gasteiger partial charge in [0, 0.05) is 12.3 Å². The number of hydrogen-bond donors (Lipinski definition) is 0. The van der Waals surface area contributed by atoms with E-state index in [1.165, 1.54) is 78.7 Å². The predicted octanol–water partition coefficient (Wildman–Crippen LogP) is 11.2. The van der Waals surface area contributed by atoms with E-state index in [0.29, 0.717) is 0 Å². The normalized spacial score (nSPS) is 11.5. The van der Waals surface area contributed by atoms with Gasteiger partial charge in [0.1, 0.15) is 11.6 Å². The number of benzene rings is 8. The molecule has 0 unspecified atom stereocenters. The fourth-order valence-electron chi connectivity index (χ4n) is 6.95. The lowest BCUT2D eigenvalue weighted by atomic mass is 9.88. The first-order valence-electron chi connectivity index (χ1n) is 16.8. The van der Waals surface area contributed by atoms with E-state index in [1.54, 1.807) is 0 Å². The lowest BCUT2D eigenvalue weighted by Crippen LogP contribution is -2.14. The zero-order valence-corrected chi connectivity index (χ0v) is 29.2. The third kappa shape index (κ3) is 6.63. The summed E-state index contributed by atoms with van der Waals surface area (Å²) in [6, 6.07) is 62.0. The Morgan fingerprint density at radius 1 is 0.320 bits per heavy atom. The smallest absolute Gasteiger partial charge is 0.123 e. The van der Waals surface area contributed by atoms with E-state index in [4.69, 9.17) is 0 Å². The highest BCUT2D eigenvalue weighted by molar-refractivity contribution is 7.72. The Balaban J connectivity index is 1.36. The Labute approximate surface area is 294 Å². The van der Waals surface area contributed by atoms with Gasteiger partial charge in [-0.1, -0.05) is 158 Å². The SMILES string of the molecule is Fc1ccc(P(Cc2ccc3ccccc3c2-c2c(CP(c3ccccc3)c3ccccc3)ccc3ccccc23)c2ccc(F)cc2)cc1. The molecule has 0 fully saturated rings. The summed E-state index contributed by atoms with van der Waals surface area (Å²) in [7, 11) is -1.69. The van der Waals surface area contributed by atoms with Crippen molar-refractivity contribution in [2.45, 2.75) is 12.3 Å². The second kappa shape index (κ2) is 14.5. The van der Waals surface area contributed by atoms with Crippen LogP contribution in [-0.2, 0) is 12.3 Å². The third-order valence-corrected chi connectivity index (χ3v) is 14.3. The first-order chi connectivity index (χ1) is 24.6. The van der Waals surface area contributed by atoms with Crippen LogP contribution in [0.5, 0.6) is 0 Å². The van der Waals surface area contributed by atoms with Gasteiger partial charge in [-0.3, -0.25) is 0 Å². The van der Waals surface area contributed by atoms with Gasteiger partial charge in [-0.05, 0) is 105 Å².